The van der Waals surface area contributed by atoms with Crippen LogP contribution in [0, 0.1) is 11.8 Å². The summed E-state index contributed by atoms with van der Waals surface area (Å²) >= 11 is 5.95. The van der Waals surface area contributed by atoms with Gasteiger partial charge in [-0.1, -0.05) is 29.8 Å². The predicted octanol–water partition coefficient (Wildman–Crippen LogP) is 3.73. The first-order chi connectivity index (χ1) is 11.1. The van der Waals surface area contributed by atoms with Crippen LogP contribution in [0.3, 0.4) is 0 Å². The summed E-state index contributed by atoms with van der Waals surface area (Å²) < 4.78 is 0. The molecule has 1 aliphatic rings. The molecule has 2 unspecified atom stereocenters. The summed E-state index contributed by atoms with van der Waals surface area (Å²) in [5, 5.41) is 3.46. The van der Waals surface area contributed by atoms with Crippen molar-refractivity contribution in [3.63, 3.8) is 0 Å². The van der Waals surface area contributed by atoms with Gasteiger partial charge in [-0.15, -0.1) is 0 Å². The van der Waals surface area contributed by atoms with Crippen LogP contribution >= 0.6 is 11.6 Å². The van der Waals surface area contributed by atoms with E-state index < -0.39 is 0 Å². The van der Waals surface area contributed by atoms with Crippen LogP contribution in [0.5, 0.6) is 0 Å². The highest BCUT2D eigenvalue weighted by Gasteiger charge is 2.35. The Morgan fingerprint density at radius 1 is 1.17 bits per heavy atom. The molecule has 2 rings (SSSR count). The summed E-state index contributed by atoms with van der Waals surface area (Å²) in [6.45, 7) is 5.25. The molecule has 1 aliphatic carbocycles. The number of amides is 2. The summed E-state index contributed by atoms with van der Waals surface area (Å²) in [5.74, 6) is -0.695. The van der Waals surface area contributed by atoms with Gasteiger partial charge < -0.3 is 10.2 Å². The predicted molar refractivity (Wildman–Crippen MR) is 93.4 cm³/mol. The topological polar surface area (TPSA) is 49.4 Å². The number of carbonyl (C=O) groups is 2. The number of hydrogen-bond acceptors (Lipinski definition) is 2. The Kier molecular flexibility index (Phi) is 6.22. The van der Waals surface area contributed by atoms with Gasteiger partial charge in [0.15, 0.2) is 0 Å². The molecule has 5 heteroatoms. The van der Waals surface area contributed by atoms with Crippen molar-refractivity contribution in [2.24, 2.45) is 11.8 Å². The lowest BCUT2D eigenvalue weighted by Crippen LogP contribution is -2.43. The van der Waals surface area contributed by atoms with E-state index in [0.29, 0.717) is 36.6 Å². The Hall–Kier alpha value is -1.81. The number of benzene rings is 1. The minimum atomic E-state index is -0.341. The third kappa shape index (κ3) is 4.35. The molecule has 0 saturated heterocycles. The molecule has 0 fully saturated rings. The average molecular weight is 335 g/mol. The van der Waals surface area contributed by atoms with E-state index in [0.717, 1.165) is 0 Å². The van der Waals surface area contributed by atoms with Gasteiger partial charge in [0.1, 0.15) is 0 Å². The van der Waals surface area contributed by atoms with Gasteiger partial charge in [0, 0.05) is 23.8 Å². The minimum Gasteiger partial charge on any atom is -0.343 e. The van der Waals surface area contributed by atoms with E-state index in [1.165, 1.54) is 0 Å². The van der Waals surface area contributed by atoms with Crippen molar-refractivity contribution in [1.29, 1.82) is 0 Å². The number of allylic oxidation sites excluding steroid dienone is 2. The lowest BCUT2D eigenvalue weighted by atomic mass is 9.81. The number of nitrogens with one attached hydrogen (secondary N) is 1. The van der Waals surface area contributed by atoms with Crippen molar-refractivity contribution < 1.29 is 9.59 Å². The second kappa shape index (κ2) is 8.16. The molecule has 0 radical (unpaired) electrons. The van der Waals surface area contributed by atoms with Crippen LogP contribution in [0.1, 0.15) is 26.7 Å². The minimum absolute atomic E-state index is 0.0607. The molecule has 0 saturated carbocycles. The highest BCUT2D eigenvalue weighted by Crippen LogP contribution is 2.29. The number of rotatable bonds is 5. The SMILES string of the molecule is CCN(CC)C(=O)C1CC=CCC1C(=O)Nc1cccc(Cl)c1. The Bertz CT molecular complexity index is 596. The zero-order valence-corrected chi connectivity index (χ0v) is 14.3. The number of carbonyl (C=O) groups excluding carboxylic acids is 2. The van der Waals surface area contributed by atoms with E-state index in [1.54, 1.807) is 29.2 Å². The fraction of sp³-hybridized carbons (Fsp3) is 0.444. The zero-order valence-electron chi connectivity index (χ0n) is 13.6. The van der Waals surface area contributed by atoms with Crippen LogP contribution < -0.4 is 5.32 Å². The zero-order chi connectivity index (χ0) is 16.8. The normalized spacial score (nSPS) is 20.1. The van der Waals surface area contributed by atoms with Gasteiger partial charge in [-0.2, -0.15) is 0 Å². The smallest absolute Gasteiger partial charge is 0.228 e. The van der Waals surface area contributed by atoms with E-state index in [9.17, 15) is 9.59 Å². The number of halogens is 1. The van der Waals surface area contributed by atoms with Crippen molar-refractivity contribution in [2.45, 2.75) is 26.7 Å². The lowest BCUT2D eigenvalue weighted by Gasteiger charge is -2.31. The molecule has 4 nitrogen and oxygen atoms in total. The van der Waals surface area contributed by atoms with Gasteiger partial charge in [-0.05, 0) is 44.9 Å². The summed E-state index contributed by atoms with van der Waals surface area (Å²) in [5.41, 5.74) is 0.658. The monoisotopic (exact) mass is 334 g/mol. The molecule has 1 N–H and O–H groups in total. The summed E-state index contributed by atoms with van der Waals surface area (Å²) in [4.78, 5) is 27.1. The molecule has 0 heterocycles. The van der Waals surface area contributed by atoms with E-state index in [4.69, 9.17) is 11.6 Å². The van der Waals surface area contributed by atoms with E-state index >= 15 is 0 Å². The van der Waals surface area contributed by atoms with Crippen molar-refractivity contribution in [1.82, 2.24) is 4.90 Å². The van der Waals surface area contributed by atoms with Crippen molar-refractivity contribution in [3.8, 4) is 0 Å². The van der Waals surface area contributed by atoms with E-state index in [1.807, 2.05) is 26.0 Å². The first-order valence-electron chi connectivity index (χ1n) is 8.07. The number of nitrogens with zero attached hydrogens (tertiary/aromatic N) is 1. The summed E-state index contributed by atoms with van der Waals surface area (Å²) in [6.07, 6.45) is 5.18. The fourth-order valence-corrected chi connectivity index (χ4v) is 3.14. The van der Waals surface area contributed by atoms with Gasteiger partial charge in [0.25, 0.3) is 0 Å². The van der Waals surface area contributed by atoms with Gasteiger partial charge in [-0.3, -0.25) is 9.59 Å². The van der Waals surface area contributed by atoms with Gasteiger partial charge in [0.05, 0.1) is 11.8 Å². The molecule has 1 aromatic carbocycles. The van der Waals surface area contributed by atoms with E-state index in [-0.39, 0.29) is 23.7 Å². The maximum absolute atomic E-state index is 12.7. The van der Waals surface area contributed by atoms with Gasteiger partial charge in [0.2, 0.25) is 11.8 Å². The van der Waals surface area contributed by atoms with Crippen LogP contribution in [0.25, 0.3) is 0 Å². The molecular formula is C18H23ClN2O2. The van der Waals surface area contributed by atoms with Crippen LogP contribution in [-0.2, 0) is 9.59 Å². The van der Waals surface area contributed by atoms with Gasteiger partial charge in [-0.25, -0.2) is 0 Å². The third-order valence-corrected chi connectivity index (χ3v) is 4.49. The second-order valence-electron chi connectivity index (χ2n) is 5.67. The molecule has 124 valence electrons. The quantitative estimate of drug-likeness (QED) is 0.834. The summed E-state index contributed by atoms with van der Waals surface area (Å²) in [6, 6.07) is 7.05. The van der Waals surface area contributed by atoms with Crippen LogP contribution in [0.2, 0.25) is 5.02 Å². The average Bonchev–Trinajstić information content (AvgIpc) is 2.56. The first-order valence-corrected chi connectivity index (χ1v) is 8.44. The Morgan fingerprint density at radius 2 is 1.83 bits per heavy atom. The largest absolute Gasteiger partial charge is 0.343 e. The third-order valence-electron chi connectivity index (χ3n) is 4.25. The molecule has 23 heavy (non-hydrogen) atoms. The molecule has 0 aliphatic heterocycles. The number of anilines is 1. The Morgan fingerprint density at radius 3 is 2.43 bits per heavy atom. The van der Waals surface area contributed by atoms with Crippen LogP contribution in [0.4, 0.5) is 5.69 Å². The highest BCUT2D eigenvalue weighted by molar-refractivity contribution is 6.30. The van der Waals surface area contributed by atoms with Crippen molar-refractivity contribution in [3.05, 3.63) is 41.4 Å². The summed E-state index contributed by atoms with van der Waals surface area (Å²) in [7, 11) is 0. The lowest BCUT2D eigenvalue weighted by molar-refractivity contribution is -0.140. The number of hydrogen-bond donors (Lipinski definition) is 1. The van der Waals surface area contributed by atoms with Crippen molar-refractivity contribution >= 4 is 29.1 Å². The molecule has 0 bridgehead atoms. The van der Waals surface area contributed by atoms with Crippen LogP contribution in [-0.4, -0.2) is 29.8 Å². The maximum Gasteiger partial charge on any atom is 0.228 e. The molecule has 0 aromatic heterocycles. The van der Waals surface area contributed by atoms with Gasteiger partial charge >= 0.3 is 0 Å². The molecular weight excluding hydrogens is 312 g/mol. The molecule has 1 aromatic rings. The van der Waals surface area contributed by atoms with E-state index in [2.05, 4.69) is 5.32 Å². The second-order valence-corrected chi connectivity index (χ2v) is 6.10. The molecule has 2 amide bonds. The van der Waals surface area contributed by atoms with Crippen molar-refractivity contribution in [2.75, 3.05) is 18.4 Å². The molecule has 2 atom stereocenters. The fourth-order valence-electron chi connectivity index (χ4n) is 2.95. The molecule has 0 spiro atoms. The Labute approximate surface area is 142 Å². The standard InChI is InChI=1S/C18H23ClN2O2/c1-3-21(4-2)18(23)16-11-6-5-10-15(16)17(22)20-14-9-7-8-13(19)12-14/h5-9,12,15-16H,3-4,10-11H2,1-2H3,(H,20,22). The Balaban J connectivity index is 2.13. The maximum atomic E-state index is 12.7. The van der Waals surface area contributed by atoms with Crippen LogP contribution in [0.15, 0.2) is 36.4 Å². The highest BCUT2D eigenvalue weighted by atomic mass is 35.5. The first kappa shape index (κ1) is 17.5.